The van der Waals surface area contributed by atoms with Crippen molar-refractivity contribution in [1.82, 2.24) is 24.5 Å². The lowest BCUT2D eigenvalue weighted by Gasteiger charge is -2.27. The first-order valence-corrected chi connectivity index (χ1v) is 13.2. The van der Waals surface area contributed by atoms with Crippen LogP contribution in [0.25, 0.3) is 22.3 Å². The van der Waals surface area contributed by atoms with E-state index in [1.54, 1.807) is 25.4 Å². The van der Waals surface area contributed by atoms with Crippen molar-refractivity contribution in [2.24, 2.45) is 10.9 Å². The van der Waals surface area contributed by atoms with E-state index in [4.69, 9.17) is 28.0 Å². The first-order valence-electron chi connectivity index (χ1n) is 12.5. The molecule has 38 heavy (non-hydrogen) atoms. The van der Waals surface area contributed by atoms with Gasteiger partial charge >= 0.3 is 5.69 Å². The highest BCUT2D eigenvalue weighted by Crippen LogP contribution is 2.35. The molecule has 1 aromatic carbocycles. The van der Waals surface area contributed by atoms with Gasteiger partial charge in [0.05, 0.1) is 17.3 Å². The molecule has 0 amide bonds. The Kier molecular flexibility index (Phi) is 7.40. The largest absolute Gasteiger partial charge is 0.401 e. The zero-order valence-corrected chi connectivity index (χ0v) is 22.7. The summed E-state index contributed by atoms with van der Waals surface area (Å²) in [4.78, 5) is 30.1. The van der Waals surface area contributed by atoms with E-state index >= 15 is 0 Å². The summed E-state index contributed by atoms with van der Waals surface area (Å²) >= 11 is 12.4. The fourth-order valence-electron chi connectivity index (χ4n) is 4.93. The minimum Gasteiger partial charge on any atom is -0.401 e. The van der Waals surface area contributed by atoms with Crippen molar-refractivity contribution >= 4 is 40.6 Å². The van der Waals surface area contributed by atoms with Crippen LogP contribution >= 0.6 is 23.2 Å². The molecule has 1 N–H and O–H groups in total. The maximum atomic E-state index is 14.1. The van der Waals surface area contributed by atoms with Crippen LogP contribution in [0.1, 0.15) is 57.7 Å². The van der Waals surface area contributed by atoms with Gasteiger partial charge in [0, 0.05) is 52.9 Å². The van der Waals surface area contributed by atoms with Crippen LogP contribution < -0.4 is 10.5 Å². The molecule has 2 atom stereocenters. The number of aromatic amines is 1. The van der Waals surface area contributed by atoms with Gasteiger partial charge in [-0.1, -0.05) is 37.0 Å². The number of aliphatic imine (C=N–C) groups is 1. The van der Waals surface area contributed by atoms with Gasteiger partial charge in [0.25, 0.3) is 0 Å². The molecule has 0 saturated heterocycles. The van der Waals surface area contributed by atoms with E-state index in [0.29, 0.717) is 17.1 Å². The highest BCUT2D eigenvalue weighted by atomic mass is 35.5. The van der Waals surface area contributed by atoms with Crippen molar-refractivity contribution in [3.8, 4) is 11.1 Å². The summed E-state index contributed by atoms with van der Waals surface area (Å²) in [5.74, 6) is -0.183. The smallest absolute Gasteiger partial charge is 0.360 e. The molecule has 0 fully saturated rings. The molecule has 4 aromatic rings. The van der Waals surface area contributed by atoms with E-state index in [1.165, 1.54) is 17.7 Å². The molecular formula is C27H27Cl2FN6O2. The maximum Gasteiger partial charge on any atom is 0.360 e. The summed E-state index contributed by atoms with van der Waals surface area (Å²) in [6.45, 7) is 6.02. The zero-order chi connectivity index (χ0) is 27.0. The number of nitrogens with zero attached hydrogens (tertiary/aromatic N) is 5. The summed E-state index contributed by atoms with van der Waals surface area (Å²) in [7, 11) is 0. The fourth-order valence-corrected chi connectivity index (χ4v) is 5.61. The number of hydrogen-bond acceptors (Lipinski definition) is 5. The summed E-state index contributed by atoms with van der Waals surface area (Å²) in [5, 5.41) is 4.73. The van der Waals surface area contributed by atoms with Crippen molar-refractivity contribution in [2.75, 3.05) is 0 Å². The van der Waals surface area contributed by atoms with E-state index in [-0.39, 0.29) is 21.7 Å². The molecule has 0 aliphatic carbocycles. The SMILES string of the molecule is CCC(CC)C1=CN=CCC1n1cc(-c2cnc3[nH]c(=O)n(OC(C)c4c(Cl)ccc(F)c4Cl)c3c2)cn1. The lowest BCUT2D eigenvalue weighted by atomic mass is 9.87. The van der Waals surface area contributed by atoms with Crippen molar-refractivity contribution in [3.63, 3.8) is 0 Å². The van der Waals surface area contributed by atoms with Crippen molar-refractivity contribution < 1.29 is 9.23 Å². The summed E-state index contributed by atoms with van der Waals surface area (Å²) in [5.41, 5.74) is 3.35. The number of fused-ring (bicyclic) bond motifs is 1. The number of pyridine rings is 1. The van der Waals surface area contributed by atoms with Crippen LogP contribution in [0.15, 0.2) is 58.3 Å². The van der Waals surface area contributed by atoms with Gasteiger partial charge in [-0.3, -0.25) is 14.7 Å². The summed E-state index contributed by atoms with van der Waals surface area (Å²) < 4.78 is 17.1. The third kappa shape index (κ3) is 4.76. The number of rotatable bonds is 8. The minimum atomic E-state index is -0.822. The first-order chi connectivity index (χ1) is 18.3. The number of nitrogens with one attached hydrogen (secondary N) is 1. The first kappa shape index (κ1) is 26.2. The lowest BCUT2D eigenvalue weighted by molar-refractivity contribution is 0.0492. The van der Waals surface area contributed by atoms with Crippen LogP contribution in [0.3, 0.4) is 0 Å². The molecule has 0 radical (unpaired) electrons. The van der Waals surface area contributed by atoms with Gasteiger partial charge in [-0.2, -0.15) is 5.10 Å². The van der Waals surface area contributed by atoms with Crippen LogP contribution in [-0.2, 0) is 0 Å². The van der Waals surface area contributed by atoms with Crippen molar-refractivity contribution in [2.45, 2.75) is 52.2 Å². The Hall–Kier alpha value is -3.43. The Morgan fingerprint density at radius 1 is 1.21 bits per heavy atom. The zero-order valence-electron chi connectivity index (χ0n) is 21.2. The van der Waals surface area contributed by atoms with Gasteiger partial charge in [-0.05, 0) is 49.5 Å². The van der Waals surface area contributed by atoms with Crippen LogP contribution in [0.4, 0.5) is 4.39 Å². The van der Waals surface area contributed by atoms with Gasteiger partial charge < -0.3 is 4.84 Å². The third-order valence-corrected chi connectivity index (χ3v) is 7.71. The number of imidazole rings is 1. The average Bonchev–Trinajstić information content (AvgIpc) is 3.52. The van der Waals surface area contributed by atoms with E-state index in [0.717, 1.165) is 35.1 Å². The molecule has 3 aromatic heterocycles. The number of allylic oxidation sites excluding steroid dienone is 1. The van der Waals surface area contributed by atoms with Gasteiger partial charge in [0.2, 0.25) is 0 Å². The highest BCUT2D eigenvalue weighted by molar-refractivity contribution is 6.36. The van der Waals surface area contributed by atoms with Crippen LogP contribution in [0.5, 0.6) is 0 Å². The predicted octanol–water partition coefficient (Wildman–Crippen LogP) is 6.56. The van der Waals surface area contributed by atoms with E-state index in [2.05, 4.69) is 33.9 Å². The highest BCUT2D eigenvalue weighted by Gasteiger charge is 2.25. The molecule has 8 nitrogen and oxygen atoms in total. The Bertz CT molecular complexity index is 1600. The molecular weight excluding hydrogens is 530 g/mol. The van der Waals surface area contributed by atoms with Gasteiger partial charge in [0.1, 0.15) is 11.3 Å². The van der Waals surface area contributed by atoms with Gasteiger partial charge in [-0.15, -0.1) is 4.73 Å². The van der Waals surface area contributed by atoms with Crippen molar-refractivity contribution in [3.05, 3.63) is 80.5 Å². The van der Waals surface area contributed by atoms with E-state index < -0.39 is 17.6 Å². The monoisotopic (exact) mass is 556 g/mol. The Labute approximate surface area is 228 Å². The van der Waals surface area contributed by atoms with Crippen LogP contribution in [0, 0.1) is 11.7 Å². The van der Waals surface area contributed by atoms with Gasteiger partial charge in [0.15, 0.2) is 11.8 Å². The summed E-state index contributed by atoms with van der Waals surface area (Å²) in [6.07, 6.45) is 11.4. The molecule has 1 aliphatic rings. The molecule has 4 heterocycles. The topological polar surface area (TPSA) is 90.1 Å². The minimum absolute atomic E-state index is 0.0956. The molecule has 0 spiro atoms. The molecule has 0 bridgehead atoms. The Morgan fingerprint density at radius 3 is 2.76 bits per heavy atom. The molecule has 1 aliphatic heterocycles. The third-order valence-electron chi connectivity index (χ3n) is 7.00. The number of hydrogen-bond donors (Lipinski definition) is 1. The normalized spacial score (nSPS) is 16.3. The van der Waals surface area contributed by atoms with Crippen molar-refractivity contribution in [1.29, 1.82) is 0 Å². The standard InChI is InChI=1S/C27H27Cl2FN6O2/c1-4-16(5-2)19-13-31-9-8-22(19)35-14-18(12-33-35)17-10-23-26(32-11-17)34-27(37)36(23)38-15(3)24-20(28)6-7-21(30)25(24)29/h6-7,9-16,22H,4-5,8H2,1-3H3,(H,32,34,37). The molecule has 0 saturated carbocycles. The Balaban J connectivity index is 1.47. The molecule has 198 valence electrons. The average molecular weight is 557 g/mol. The predicted molar refractivity (Wildman–Crippen MR) is 147 cm³/mol. The van der Waals surface area contributed by atoms with E-state index in [1.807, 2.05) is 23.3 Å². The Morgan fingerprint density at radius 2 is 2.00 bits per heavy atom. The second kappa shape index (κ2) is 10.7. The summed E-state index contributed by atoms with van der Waals surface area (Å²) in [6, 6.07) is 4.47. The second-order valence-electron chi connectivity index (χ2n) is 9.26. The van der Waals surface area contributed by atoms with Crippen LogP contribution in [0.2, 0.25) is 10.0 Å². The van der Waals surface area contributed by atoms with E-state index in [9.17, 15) is 9.18 Å². The number of H-pyrrole nitrogens is 1. The maximum absolute atomic E-state index is 14.1. The van der Waals surface area contributed by atoms with Crippen LogP contribution in [-0.4, -0.2) is 30.7 Å². The molecule has 11 heteroatoms. The number of benzene rings is 1. The van der Waals surface area contributed by atoms with Gasteiger partial charge in [-0.25, -0.2) is 14.2 Å². The number of halogens is 3. The quantitative estimate of drug-likeness (QED) is 0.249. The second-order valence-corrected chi connectivity index (χ2v) is 10.0. The number of aromatic nitrogens is 5. The fraction of sp³-hybridized carbons (Fsp3) is 0.333. The molecule has 5 rings (SSSR count). The lowest BCUT2D eigenvalue weighted by Crippen LogP contribution is -2.26. The molecule has 2 unspecified atom stereocenters.